The minimum atomic E-state index is 0.00885. The fourth-order valence-electron chi connectivity index (χ4n) is 2.59. The number of aliphatic hydroxyl groups excluding tert-OH is 1. The van der Waals surface area contributed by atoms with Crippen molar-refractivity contribution in [2.24, 2.45) is 11.8 Å². The van der Waals surface area contributed by atoms with E-state index in [0.29, 0.717) is 17.6 Å². The maximum Gasteiger partial charge on any atom is 0.188 e. The van der Waals surface area contributed by atoms with Crippen molar-refractivity contribution in [3.63, 3.8) is 0 Å². The van der Waals surface area contributed by atoms with Gasteiger partial charge in [-0.1, -0.05) is 19.9 Å². The number of ether oxygens (including phenoxy) is 3. The lowest BCUT2D eigenvalue weighted by Gasteiger charge is -2.40. The first-order valence-corrected chi connectivity index (χ1v) is 7.76. The zero-order valence-corrected chi connectivity index (χ0v) is 13.8. The van der Waals surface area contributed by atoms with Crippen LogP contribution in [0.4, 0.5) is 0 Å². The summed E-state index contributed by atoms with van der Waals surface area (Å²) < 4.78 is 16.8. The maximum absolute atomic E-state index is 9.30. The predicted octanol–water partition coefficient (Wildman–Crippen LogP) is 3.49. The molecule has 1 aliphatic carbocycles. The molecule has 1 saturated carbocycles. The molecular weight excluding hydrogens is 280 g/mol. The van der Waals surface area contributed by atoms with Gasteiger partial charge in [-0.2, -0.15) is 0 Å². The monoisotopic (exact) mass is 306 g/mol. The summed E-state index contributed by atoms with van der Waals surface area (Å²) in [7, 11) is 1.59. The number of hydrogen-bond donors (Lipinski definition) is 1. The van der Waals surface area contributed by atoms with Crippen LogP contribution in [-0.2, 0) is 4.74 Å². The molecule has 1 aromatic carbocycles. The molecule has 0 aliphatic heterocycles. The predicted molar refractivity (Wildman–Crippen MR) is 87.0 cm³/mol. The molecule has 3 atom stereocenters. The fraction of sp³-hybridized carbons (Fsp3) is 0.556. The smallest absolute Gasteiger partial charge is 0.188 e. The van der Waals surface area contributed by atoms with Crippen molar-refractivity contribution in [3.05, 3.63) is 29.3 Å². The van der Waals surface area contributed by atoms with Crippen molar-refractivity contribution in [1.82, 2.24) is 0 Å². The van der Waals surface area contributed by atoms with E-state index in [-0.39, 0.29) is 19.5 Å². The van der Waals surface area contributed by atoms with E-state index < -0.39 is 0 Å². The second-order valence-electron chi connectivity index (χ2n) is 6.10. The molecule has 1 fully saturated rings. The third kappa shape index (κ3) is 3.81. The van der Waals surface area contributed by atoms with Crippen LogP contribution in [0, 0.1) is 11.8 Å². The van der Waals surface area contributed by atoms with Gasteiger partial charge in [0.15, 0.2) is 6.79 Å². The highest BCUT2D eigenvalue weighted by atomic mass is 16.7. The van der Waals surface area contributed by atoms with E-state index in [2.05, 4.69) is 13.8 Å². The van der Waals surface area contributed by atoms with Gasteiger partial charge in [-0.05, 0) is 49.0 Å². The number of rotatable bonds is 7. The van der Waals surface area contributed by atoms with Gasteiger partial charge in [0, 0.05) is 7.11 Å². The molecule has 0 bridgehead atoms. The number of benzene rings is 1. The molecule has 0 aromatic heterocycles. The Bertz CT molecular complexity index is 524. The van der Waals surface area contributed by atoms with Crippen LogP contribution in [0.5, 0.6) is 11.5 Å². The fourth-order valence-corrected chi connectivity index (χ4v) is 2.59. The lowest BCUT2D eigenvalue weighted by atomic mass is 9.73. The summed E-state index contributed by atoms with van der Waals surface area (Å²) in [6, 6.07) is 5.75. The summed E-state index contributed by atoms with van der Waals surface area (Å²) in [5.74, 6) is 2.76. The largest absolute Gasteiger partial charge is 0.489 e. The van der Waals surface area contributed by atoms with Crippen LogP contribution in [0.2, 0.25) is 0 Å². The molecule has 0 saturated heterocycles. The third-order valence-corrected chi connectivity index (χ3v) is 4.36. The highest BCUT2D eigenvalue weighted by Gasteiger charge is 2.36. The number of hydrogen-bond acceptors (Lipinski definition) is 4. The Morgan fingerprint density at radius 1 is 1.32 bits per heavy atom. The van der Waals surface area contributed by atoms with E-state index in [1.165, 1.54) is 0 Å². The van der Waals surface area contributed by atoms with E-state index in [1.807, 2.05) is 31.2 Å². The summed E-state index contributed by atoms with van der Waals surface area (Å²) in [6.07, 6.45) is 3.23. The van der Waals surface area contributed by atoms with Crippen LogP contribution in [0.25, 0.3) is 6.08 Å². The lowest BCUT2D eigenvalue weighted by Crippen LogP contribution is -2.41. The average molecular weight is 306 g/mol. The summed E-state index contributed by atoms with van der Waals surface area (Å²) in [4.78, 5) is 0. The molecule has 2 rings (SSSR count). The molecular formula is C18H26O4. The van der Waals surface area contributed by atoms with Crippen molar-refractivity contribution in [2.45, 2.75) is 33.3 Å². The van der Waals surface area contributed by atoms with Gasteiger partial charge in [-0.3, -0.25) is 0 Å². The van der Waals surface area contributed by atoms with Gasteiger partial charge in [-0.15, -0.1) is 0 Å². The zero-order chi connectivity index (χ0) is 16.1. The Labute approximate surface area is 132 Å². The van der Waals surface area contributed by atoms with Gasteiger partial charge in [-0.25, -0.2) is 0 Å². The van der Waals surface area contributed by atoms with Crippen molar-refractivity contribution in [3.8, 4) is 11.5 Å². The summed E-state index contributed by atoms with van der Waals surface area (Å²) >= 11 is 0. The Hall–Kier alpha value is -1.52. The Balaban J connectivity index is 2.27. The van der Waals surface area contributed by atoms with Crippen molar-refractivity contribution < 1.29 is 19.3 Å². The van der Waals surface area contributed by atoms with Crippen LogP contribution < -0.4 is 9.47 Å². The molecule has 1 aliphatic rings. The number of aliphatic hydroxyl groups is 1. The molecule has 0 spiro atoms. The molecule has 1 N–H and O–H groups in total. The average Bonchev–Trinajstić information content (AvgIpc) is 2.53. The minimum Gasteiger partial charge on any atom is -0.489 e. The first-order chi connectivity index (χ1) is 10.6. The van der Waals surface area contributed by atoms with E-state index in [1.54, 1.807) is 7.11 Å². The summed E-state index contributed by atoms with van der Waals surface area (Å²) in [6.45, 7) is 6.54. The first-order valence-electron chi connectivity index (χ1n) is 7.76. The highest BCUT2D eigenvalue weighted by molar-refractivity contribution is 5.66. The zero-order valence-electron chi connectivity index (χ0n) is 13.8. The van der Waals surface area contributed by atoms with Gasteiger partial charge in [0.25, 0.3) is 0 Å². The molecule has 4 heteroatoms. The van der Waals surface area contributed by atoms with Crippen molar-refractivity contribution in [2.75, 3.05) is 20.5 Å². The Morgan fingerprint density at radius 2 is 2.05 bits per heavy atom. The van der Waals surface area contributed by atoms with Crippen LogP contribution in [-0.4, -0.2) is 31.7 Å². The molecule has 0 amide bonds. The van der Waals surface area contributed by atoms with Crippen molar-refractivity contribution >= 4 is 6.08 Å². The summed E-state index contributed by atoms with van der Waals surface area (Å²) in [5, 5.41) is 9.30. The standard InChI is InChI=1S/C18H26O4/c1-12(10-19)8-15-16(21-11-20-4)6-5-7-17(15)22-18-9-13(2)14(18)3/h5-8,13-14,18-19H,9-11H2,1-4H3/b12-8-/t13-,14?,18?/m0/s1. The van der Waals surface area contributed by atoms with Gasteiger partial charge >= 0.3 is 0 Å². The van der Waals surface area contributed by atoms with Crippen LogP contribution in [0.1, 0.15) is 32.8 Å². The van der Waals surface area contributed by atoms with Crippen LogP contribution in [0.15, 0.2) is 23.8 Å². The minimum absolute atomic E-state index is 0.00885. The molecule has 4 nitrogen and oxygen atoms in total. The van der Waals surface area contributed by atoms with E-state index in [0.717, 1.165) is 23.3 Å². The molecule has 0 radical (unpaired) electrons. The summed E-state index contributed by atoms with van der Waals surface area (Å²) in [5.41, 5.74) is 1.71. The normalized spacial score (nSPS) is 24.8. The molecule has 122 valence electrons. The second-order valence-corrected chi connectivity index (χ2v) is 6.10. The third-order valence-electron chi connectivity index (χ3n) is 4.36. The van der Waals surface area contributed by atoms with Crippen LogP contribution >= 0.6 is 0 Å². The van der Waals surface area contributed by atoms with Crippen molar-refractivity contribution in [1.29, 1.82) is 0 Å². The Morgan fingerprint density at radius 3 is 2.64 bits per heavy atom. The quantitative estimate of drug-likeness (QED) is 0.783. The molecule has 0 heterocycles. The van der Waals surface area contributed by atoms with Crippen LogP contribution in [0.3, 0.4) is 0 Å². The molecule has 2 unspecified atom stereocenters. The number of methoxy groups -OCH3 is 1. The topological polar surface area (TPSA) is 47.9 Å². The highest BCUT2D eigenvalue weighted by Crippen LogP contribution is 2.39. The SMILES string of the molecule is COCOc1cccc(OC2C[C@H](C)C2C)c1/C=C(/C)CO. The Kier molecular flexibility index (Phi) is 5.86. The van der Waals surface area contributed by atoms with Gasteiger partial charge in [0.05, 0.1) is 12.2 Å². The maximum atomic E-state index is 9.30. The van der Waals surface area contributed by atoms with E-state index in [4.69, 9.17) is 14.2 Å². The first kappa shape index (κ1) is 16.8. The molecule has 1 aromatic rings. The van der Waals surface area contributed by atoms with Gasteiger partial charge in [0.1, 0.15) is 17.6 Å². The molecule has 22 heavy (non-hydrogen) atoms. The van der Waals surface area contributed by atoms with E-state index in [9.17, 15) is 5.11 Å². The second kappa shape index (κ2) is 7.65. The van der Waals surface area contributed by atoms with Gasteiger partial charge < -0.3 is 19.3 Å². The lowest BCUT2D eigenvalue weighted by molar-refractivity contribution is 0.00519. The van der Waals surface area contributed by atoms with E-state index >= 15 is 0 Å². The van der Waals surface area contributed by atoms with Gasteiger partial charge in [0.2, 0.25) is 0 Å².